The second-order valence-corrected chi connectivity index (χ2v) is 6.08. The minimum atomic E-state index is -0.187. The third-order valence-electron chi connectivity index (χ3n) is 3.81. The molecule has 3 aromatic rings. The van der Waals surface area contributed by atoms with Crippen LogP contribution in [-0.2, 0) is 6.61 Å². The van der Waals surface area contributed by atoms with Crippen molar-refractivity contribution in [2.45, 2.75) is 20.5 Å². The molecule has 3 rings (SSSR count). The predicted octanol–water partition coefficient (Wildman–Crippen LogP) is 2.87. The van der Waals surface area contributed by atoms with E-state index in [0.29, 0.717) is 24.6 Å². The summed E-state index contributed by atoms with van der Waals surface area (Å²) in [5.41, 5.74) is 2.05. The Kier molecular flexibility index (Phi) is 5.65. The summed E-state index contributed by atoms with van der Waals surface area (Å²) in [5, 5.41) is 7.93. The van der Waals surface area contributed by atoms with Gasteiger partial charge in [-0.25, -0.2) is 9.67 Å². The van der Waals surface area contributed by atoms with Gasteiger partial charge < -0.3 is 14.2 Å². The molecule has 2 aromatic heterocycles. The minimum absolute atomic E-state index is 0.176. The number of hydrogen-bond donors (Lipinski definition) is 0. The standard InChI is InChI=1S/C19H21N5O3/c1-4-23(10-14(2)3)19(25)18-9-17(27-22-18)11-26-16-7-5-15(6-8-16)24-13-20-12-21-24/h5-9,12-13H,2,4,10-11H2,1,3H3. The Morgan fingerprint density at radius 2 is 2.11 bits per heavy atom. The molecule has 27 heavy (non-hydrogen) atoms. The maximum Gasteiger partial charge on any atom is 0.276 e. The molecule has 0 fully saturated rings. The van der Waals surface area contributed by atoms with Crippen LogP contribution in [0, 0.1) is 0 Å². The first-order valence-electron chi connectivity index (χ1n) is 8.54. The van der Waals surface area contributed by atoms with Crippen LogP contribution in [0.3, 0.4) is 0 Å². The smallest absolute Gasteiger partial charge is 0.276 e. The largest absolute Gasteiger partial charge is 0.486 e. The van der Waals surface area contributed by atoms with Crippen LogP contribution in [0.5, 0.6) is 5.75 Å². The number of aromatic nitrogens is 4. The van der Waals surface area contributed by atoms with E-state index in [-0.39, 0.29) is 18.2 Å². The Morgan fingerprint density at radius 3 is 2.74 bits per heavy atom. The number of amides is 1. The van der Waals surface area contributed by atoms with Gasteiger partial charge in [0.05, 0.1) is 5.69 Å². The van der Waals surface area contributed by atoms with Crippen molar-refractivity contribution in [2.24, 2.45) is 0 Å². The van der Waals surface area contributed by atoms with Crippen LogP contribution >= 0.6 is 0 Å². The zero-order valence-corrected chi connectivity index (χ0v) is 15.3. The van der Waals surface area contributed by atoms with Crippen LogP contribution in [-0.4, -0.2) is 43.8 Å². The van der Waals surface area contributed by atoms with E-state index in [2.05, 4.69) is 21.8 Å². The molecule has 1 amide bonds. The van der Waals surface area contributed by atoms with E-state index in [1.54, 1.807) is 22.0 Å². The second-order valence-electron chi connectivity index (χ2n) is 6.08. The fourth-order valence-electron chi connectivity index (χ4n) is 2.49. The molecule has 0 aliphatic heterocycles. The van der Waals surface area contributed by atoms with Crippen LogP contribution < -0.4 is 4.74 Å². The summed E-state index contributed by atoms with van der Waals surface area (Å²) in [6.45, 7) is 8.87. The fraction of sp³-hybridized carbons (Fsp3) is 0.263. The molecule has 1 aromatic carbocycles. The summed E-state index contributed by atoms with van der Waals surface area (Å²) >= 11 is 0. The van der Waals surface area contributed by atoms with E-state index in [0.717, 1.165) is 11.3 Å². The first kappa shape index (κ1) is 18.4. The summed E-state index contributed by atoms with van der Waals surface area (Å²) in [5.74, 6) is 0.957. The third kappa shape index (κ3) is 4.60. The van der Waals surface area contributed by atoms with Gasteiger partial charge in [-0.05, 0) is 38.1 Å². The zero-order chi connectivity index (χ0) is 19.2. The van der Waals surface area contributed by atoms with Gasteiger partial charge in [0.2, 0.25) is 0 Å². The number of carbonyl (C=O) groups is 1. The molecule has 0 saturated heterocycles. The van der Waals surface area contributed by atoms with Gasteiger partial charge in [0.15, 0.2) is 11.5 Å². The molecule has 0 radical (unpaired) electrons. The Morgan fingerprint density at radius 1 is 1.33 bits per heavy atom. The van der Waals surface area contributed by atoms with E-state index in [4.69, 9.17) is 9.26 Å². The van der Waals surface area contributed by atoms with E-state index >= 15 is 0 Å². The van der Waals surface area contributed by atoms with Crippen LogP contribution in [0.2, 0.25) is 0 Å². The molecular formula is C19H21N5O3. The lowest BCUT2D eigenvalue weighted by atomic mass is 10.2. The van der Waals surface area contributed by atoms with Crippen molar-refractivity contribution in [1.29, 1.82) is 0 Å². The van der Waals surface area contributed by atoms with Crippen molar-refractivity contribution >= 4 is 5.91 Å². The molecule has 0 aliphatic carbocycles. The molecule has 2 heterocycles. The molecule has 0 spiro atoms. The van der Waals surface area contributed by atoms with Crippen molar-refractivity contribution < 1.29 is 14.1 Å². The van der Waals surface area contributed by atoms with Crippen molar-refractivity contribution in [1.82, 2.24) is 24.8 Å². The molecule has 8 heteroatoms. The Labute approximate surface area is 157 Å². The first-order valence-corrected chi connectivity index (χ1v) is 8.54. The van der Waals surface area contributed by atoms with Crippen molar-refractivity contribution in [2.75, 3.05) is 13.1 Å². The molecule has 140 valence electrons. The van der Waals surface area contributed by atoms with E-state index in [1.807, 2.05) is 38.1 Å². The van der Waals surface area contributed by atoms with E-state index < -0.39 is 0 Å². The third-order valence-corrected chi connectivity index (χ3v) is 3.81. The average Bonchev–Trinajstić information content (AvgIpc) is 3.36. The molecule has 0 bridgehead atoms. The van der Waals surface area contributed by atoms with Gasteiger partial charge in [-0.15, -0.1) is 0 Å². The predicted molar refractivity (Wildman–Crippen MR) is 98.6 cm³/mol. The number of nitrogens with zero attached hydrogens (tertiary/aromatic N) is 5. The van der Waals surface area contributed by atoms with Crippen molar-refractivity contribution in [3.05, 3.63) is 66.6 Å². The Bertz CT molecular complexity index is 900. The number of carbonyl (C=O) groups excluding carboxylic acids is 1. The topological polar surface area (TPSA) is 86.3 Å². The van der Waals surface area contributed by atoms with Crippen molar-refractivity contribution in [3.8, 4) is 11.4 Å². The lowest BCUT2D eigenvalue weighted by molar-refractivity contribution is 0.0767. The SMILES string of the molecule is C=C(C)CN(CC)C(=O)c1cc(COc2ccc(-n3cncn3)cc2)on1. The maximum atomic E-state index is 12.5. The molecule has 0 N–H and O–H groups in total. The highest BCUT2D eigenvalue weighted by Crippen LogP contribution is 2.17. The second kappa shape index (κ2) is 8.31. The Hall–Kier alpha value is -3.42. The molecule has 0 aliphatic rings. The normalized spacial score (nSPS) is 10.6. The van der Waals surface area contributed by atoms with Crippen LogP contribution in [0.1, 0.15) is 30.1 Å². The maximum absolute atomic E-state index is 12.5. The van der Waals surface area contributed by atoms with E-state index in [1.165, 1.54) is 6.33 Å². The molecular weight excluding hydrogens is 346 g/mol. The summed E-state index contributed by atoms with van der Waals surface area (Å²) in [6.07, 6.45) is 3.10. The number of likely N-dealkylation sites (N-methyl/N-ethyl adjacent to an activating group) is 1. The summed E-state index contributed by atoms with van der Waals surface area (Å²) in [4.78, 5) is 18.0. The highest BCUT2D eigenvalue weighted by Gasteiger charge is 2.19. The summed E-state index contributed by atoms with van der Waals surface area (Å²) < 4.78 is 12.6. The summed E-state index contributed by atoms with van der Waals surface area (Å²) in [6, 6.07) is 9.00. The fourth-order valence-corrected chi connectivity index (χ4v) is 2.49. The Balaban J connectivity index is 1.59. The molecule has 8 nitrogen and oxygen atoms in total. The lowest BCUT2D eigenvalue weighted by Crippen LogP contribution is -2.32. The quantitative estimate of drug-likeness (QED) is 0.569. The van der Waals surface area contributed by atoms with Gasteiger partial charge in [0.25, 0.3) is 5.91 Å². The van der Waals surface area contributed by atoms with Gasteiger partial charge in [-0.1, -0.05) is 17.3 Å². The lowest BCUT2D eigenvalue weighted by Gasteiger charge is -2.19. The van der Waals surface area contributed by atoms with Gasteiger partial charge in [-0.3, -0.25) is 4.79 Å². The van der Waals surface area contributed by atoms with Gasteiger partial charge >= 0.3 is 0 Å². The van der Waals surface area contributed by atoms with Crippen molar-refractivity contribution in [3.63, 3.8) is 0 Å². The molecule has 0 unspecified atom stereocenters. The summed E-state index contributed by atoms with van der Waals surface area (Å²) in [7, 11) is 0. The number of hydrogen-bond acceptors (Lipinski definition) is 6. The number of rotatable bonds is 8. The van der Waals surface area contributed by atoms with Gasteiger partial charge in [-0.2, -0.15) is 5.10 Å². The highest BCUT2D eigenvalue weighted by molar-refractivity contribution is 5.92. The van der Waals surface area contributed by atoms with Crippen LogP contribution in [0.15, 0.2) is 59.7 Å². The minimum Gasteiger partial charge on any atom is -0.486 e. The first-order chi connectivity index (χ1) is 13.1. The highest BCUT2D eigenvalue weighted by atomic mass is 16.5. The molecule has 0 atom stereocenters. The molecule has 0 saturated carbocycles. The average molecular weight is 367 g/mol. The van der Waals surface area contributed by atoms with E-state index in [9.17, 15) is 4.79 Å². The van der Waals surface area contributed by atoms with Crippen LogP contribution in [0.4, 0.5) is 0 Å². The van der Waals surface area contributed by atoms with Gasteiger partial charge in [0.1, 0.15) is 25.0 Å². The number of benzene rings is 1. The van der Waals surface area contributed by atoms with Gasteiger partial charge in [0, 0.05) is 19.2 Å². The monoisotopic (exact) mass is 367 g/mol. The van der Waals surface area contributed by atoms with Crippen LogP contribution in [0.25, 0.3) is 5.69 Å². The number of ether oxygens (including phenoxy) is 1. The zero-order valence-electron chi connectivity index (χ0n) is 15.3.